The van der Waals surface area contributed by atoms with E-state index < -0.39 is 5.97 Å². The SMILES string of the molecule is COc1ccc(C(=O)O)cc1Oc1nccc2sccc12. The Hall–Kier alpha value is -2.60. The van der Waals surface area contributed by atoms with Crippen molar-refractivity contribution in [3.8, 4) is 17.4 Å². The summed E-state index contributed by atoms with van der Waals surface area (Å²) in [6, 6.07) is 8.26. The second-order valence-corrected chi connectivity index (χ2v) is 5.17. The zero-order valence-electron chi connectivity index (χ0n) is 11.1. The van der Waals surface area contributed by atoms with Gasteiger partial charge in [-0.05, 0) is 35.7 Å². The Labute approximate surface area is 124 Å². The minimum absolute atomic E-state index is 0.128. The van der Waals surface area contributed by atoms with Crippen molar-refractivity contribution >= 4 is 27.4 Å². The summed E-state index contributed by atoms with van der Waals surface area (Å²) < 4.78 is 12.0. The lowest BCUT2D eigenvalue weighted by molar-refractivity contribution is 0.0696. The van der Waals surface area contributed by atoms with E-state index in [9.17, 15) is 4.79 Å². The van der Waals surface area contributed by atoms with Gasteiger partial charge in [0, 0.05) is 10.9 Å². The number of hydrogen-bond donors (Lipinski definition) is 1. The molecule has 21 heavy (non-hydrogen) atoms. The third kappa shape index (κ3) is 2.53. The molecule has 1 aromatic carbocycles. The lowest BCUT2D eigenvalue weighted by Crippen LogP contribution is -1.99. The van der Waals surface area contributed by atoms with E-state index in [4.69, 9.17) is 14.6 Å². The molecular weight excluding hydrogens is 290 g/mol. The summed E-state index contributed by atoms with van der Waals surface area (Å²) in [7, 11) is 1.50. The average molecular weight is 301 g/mol. The number of hydrogen-bond acceptors (Lipinski definition) is 5. The van der Waals surface area contributed by atoms with E-state index in [1.807, 2.05) is 17.5 Å². The van der Waals surface area contributed by atoms with Gasteiger partial charge in [-0.1, -0.05) is 0 Å². The number of carboxylic acids is 1. The van der Waals surface area contributed by atoms with E-state index in [1.165, 1.54) is 19.2 Å². The molecule has 3 aromatic rings. The third-order valence-electron chi connectivity index (χ3n) is 2.96. The molecule has 0 aliphatic carbocycles. The predicted octanol–water partition coefficient (Wildman–Crippen LogP) is 3.80. The molecule has 2 heterocycles. The Morgan fingerprint density at radius 2 is 2.10 bits per heavy atom. The highest BCUT2D eigenvalue weighted by Gasteiger charge is 2.13. The largest absolute Gasteiger partial charge is 0.493 e. The third-order valence-corrected chi connectivity index (χ3v) is 3.84. The highest BCUT2D eigenvalue weighted by Crippen LogP contribution is 2.35. The smallest absolute Gasteiger partial charge is 0.335 e. The van der Waals surface area contributed by atoms with Crippen molar-refractivity contribution < 1.29 is 19.4 Å². The van der Waals surface area contributed by atoms with Crippen LogP contribution in [-0.4, -0.2) is 23.2 Å². The fraction of sp³-hybridized carbons (Fsp3) is 0.0667. The maximum absolute atomic E-state index is 11.1. The second kappa shape index (κ2) is 5.41. The Morgan fingerprint density at radius 1 is 1.24 bits per heavy atom. The number of carbonyl (C=O) groups is 1. The summed E-state index contributed by atoms with van der Waals surface area (Å²) in [5.74, 6) is 0.177. The molecule has 2 aromatic heterocycles. The molecule has 0 radical (unpaired) electrons. The van der Waals surface area contributed by atoms with Crippen LogP contribution in [0, 0.1) is 0 Å². The topological polar surface area (TPSA) is 68.7 Å². The van der Waals surface area contributed by atoms with Gasteiger partial charge in [-0.2, -0.15) is 0 Å². The Bertz CT molecular complexity index is 812. The number of nitrogens with zero attached hydrogens (tertiary/aromatic N) is 1. The van der Waals surface area contributed by atoms with Gasteiger partial charge in [0.2, 0.25) is 5.88 Å². The Balaban J connectivity index is 2.06. The molecule has 3 rings (SSSR count). The lowest BCUT2D eigenvalue weighted by Gasteiger charge is -2.11. The predicted molar refractivity (Wildman–Crippen MR) is 79.6 cm³/mol. The van der Waals surface area contributed by atoms with Gasteiger partial charge in [0.15, 0.2) is 11.5 Å². The van der Waals surface area contributed by atoms with Crippen molar-refractivity contribution in [2.75, 3.05) is 7.11 Å². The fourth-order valence-corrected chi connectivity index (χ4v) is 2.72. The summed E-state index contributed by atoms with van der Waals surface area (Å²) in [6.07, 6.45) is 1.65. The van der Waals surface area contributed by atoms with Gasteiger partial charge in [0.1, 0.15) is 0 Å². The number of pyridine rings is 1. The molecule has 0 spiro atoms. The molecule has 0 aliphatic rings. The number of thiophene rings is 1. The summed E-state index contributed by atoms with van der Waals surface area (Å²) >= 11 is 1.58. The van der Waals surface area contributed by atoms with Crippen LogP contribution in [0.15, 0.2) is 41.9 Å². The molecule has 106 valence electrons. The van der Waals surface area contributed by atoms with Gasteiger partial charge in [-0.3, -0.25) is 0 Å². The number of benzene rings is 1. The lowest BCUT2D eigenvalue weighted by atomic mass is 10.2. The standard InChI is InChI=1S/C15H11NO4S/c1-19-11-3-2-9(15(17)18)8-12(11)20-14-10-5-7-21-13(10)4-6-16-14/h2-8H,1H3,(H,17,18). The number of ether oxygens (including phenoxy) is 2. The molecule has 0 atom stereocenters. The molecule has 5 nitrogen and oxygen atoms in total. The van der Waals surface area contributed by atoms with Crippen molar-refractivity contribution in [2.45, 2.75) is 0 Å². The van der Waals surface area contributed by atoms with Gasteiger partial charge in [-0.15, -0.1) is 11.3 Å². The fourth-order valence-electron chi connectivity index (χ4n) is 1.94. The molecule has 0 fully saturated rings. The minimum Gasteiger partial charge on any atom is -0.493 e. The molecule has 6 heteroatoms. The number of aromatic nitrogens is 1. The molecule has 0 saturated heterocycles. The summed E-state index contributed by atoms with van der Waals surface area (Å²) in [6.45, 7) is 0. The van der Waals surface area contributed by atoms with E-state index in [1.54, 1.807) is 23.6 Å². The number of aromatic carboxylic acids is 1. The first kappa shape index (κ1) is 13.4. The first-order chi connectivity index (χ1) is 10.2. The van der Waals surface area contributed by atoms with Crippen molar-refractivity contribution in [1.82, 2.24) is 4.98 Å². The van der Waals surface area contributed by atoms with Crippen LogP contribution in [0.1, 0.15) is 10.4 Å². The normalized spacial score (nSPS) is 10.5. The molecule has 0 saturated carbocycles. The zero-order chi connectivity index (χ0) is 14.8. The Morgan fingerprint density at radius 3 is 2.86 bits per heavy atom. The van der Waals surface area contributed by atoms with E-state index >= 15 is 0 Å². The first-order valence-corrected chi connectivity index (χ1v) is 6.98. The van der Waals surface area contributed by atoms with Crippen molar-refractivity contribution in [1.29, 1.82) is 0 Å². The van der Waals surface area contributed by atoms with Gasteiger partial charge in [0.05, 0.1) is 18.1 Å². The molecular formula is C15H11NO4S. The monoisotopic (exact) mass is 301 g/mol. The highest BCUT2D eigenvalue weighted by atomic mass is 32.1. The number of rotatable bonds is 4. The van der Waals surface area contributed by atoms with Gasteiger partial charge in [0.25, 0.3) is 0 Å². The maximum Gasteiger partial charge on any atom is 0.335 e. The molecule has 0 bridgehead atoms. The number of methoxy groups -OCH3 is 1. The van der Waals surface area contributed by atoms with E-state index in [0.29, 0.717) is 17.4 Å². The second-order valence-electron chi connectivity index (χ2n) is 4.22. The van der Waals surface area contributed by atoms with Crippen LogP contribution < -0.4 is 9.47 Å². The van der Waals surface area contributed by atoms with E-state index in [0.717, 1.165) is 10.1 Å². The van der Waals surface area contributed by atoms with Gasteiger partial charge in [-0.25, -0.2) is 9.78 Å². The van der Waals surface area contributed by atoms with E-state index in [-0.39, 0.29) is 5.56 Å². The summed E-state index contributed by atoms with van der Waals surface area (Å²) in [5, 5.41) is 11.9. The van der Waals surface area contributed by atoms with Crippen molar-refractivity contribution in [3.63, 3.8) is 0 Å². The zero-order valence-corrected chi connectivity index (χ0v) is 11.9. The Kier molecular flexibility index (Phi) is 3.45. The quantitative estimate of drug-likeness (QED) is 0.794. The minimum atomic E-state index is -1.02. The van der Waals surface area contributed by atoms with Crippen molar-refractivity contribution in [3.05, 3.63) is 47.5 Å². The molecule has 1 N–H and O–H groups in total. The van der Waals surface area contributed by atoms with Gasteiger partial charge >= 0.3 is 5.97 Å². The maximum atomic E-state index is 11.1. The van der Waals surface area contributed by atoms with E-state index in [2.05, 4.69) is 4.98 Å². The number of fused-ring (bicyclic) bond motifs is 1. The van der Waals surface area contributed by atoms with Gasteiger partial charge < -0.3 is 14.6 Å². The first-order valence-electron chi connectivity index (χ1n) is 6.10. The van der Waals surface area contributed by atoms with Crippen LogP contribution in [-0.2, 0) is 0 Å². The summed E-state index contributed by atoms with van der Waals surface area (Å²) in [4.78, 5) is 15.3. The molecule has 0 amide bonds. The van der Waals surface area contributed by atoms with Crippen LogP contribution in [0.25, 0.3) is 10.1 Å². The van der Waals surface area contributed by atoms with Crippen LogP contribution in [0.5, 0.6) is 17.4 Å². The average Bonchev–Trinajstić information content (AvgIpc) is 2.96. The molecule has 0 unspecified atom stereocenters. The van der Waals surface area contributed by atoms with Crippen molar-refractivity contribution in [2.24, 2.45) is 0 Å². The van der Waals surface area contributed by atoms with Crippen LogP contribution >= 0.6 is 11.3 Å². The van der Waals surface area contributed by atoms with Crippen LogP contribution in [0.2, 0.25) is 0 Å². The molecule has 0 aliphatic heterocycles. The summed E-state index contributed by atoms with van der Waals surface area (Å²) in [5.41, 5.74) is 0.128. The van der Waals surface area contributed by atoms with Crippen LogP contribution in [0.3, 0.4) is 0 Å². The number of carboxylic acid groups (broad SMARTS) is 1. The highest BCUT2D eigenvalue weighted by molar-refractivity contribution is 7.17. The van der Waals surface area contributed by atoms with Crippen LogP contribution in [0.4, 0.5) is 0 Å².